The second kappa shape index (κ2) is 9.78. The van der Waals surface area contributed by atoms with E-state index >= 15 is 0 Å². The standard InChI is InChI=1S/C20H19FN2O2/c1-2-7-16-8-3-4-9-19(16)25-15-6-5-14-22-20(24)23-18-12-10-17(21)11-13-18/h2-4,8-13H,1,7,14-15H2,(H2,22,23,24). The normalized spacial score (nSPS) is 9.48. The van der Waals surface area contributed by atoms with Crippen LogP contribution >= 0.6 is 0 Å². The number of carbonyl (C=O) groups is 1. The molecule has 0 bridgehead atoms. The van der Waals surface area contributed by atoms with E-state index in [9.17, 15) is 9.18 Å². The monoisotopic (exact) mass is 338 g/mol. The van der Waals surface area contributed by atoms with Crippen LogP contribution in [0.25, 0.3) is 0 Å². The second-order valence-electron chi connectivity index (χ2n) is 5.06. The number of nitrogens with one attached hydrogen (secondary N) is 2. The number of urea groups is 1. The molecule has 0 aliphatic carbocycles. The van der Waals surface area contributed by atoms with Crippen molar-refractivity contribution in [3.63, 3.8) is 0 Å². The van der Waals surface area contributed by atoms with Gasteiger partial charge in [0, 0.05) is 5.69 Å². The average Bonchev–Trinajstić information content (AvgIpc) is 2.61. The molecule has 0 unspecified atom stereocenters. The van der Waals surface area contributed by atoms with Crippen LogP contribution in [0.1, 0.15) is 5.56 Å². The Morgan fingerprint density at radius 2 is 1.92 bits per heavy atom. The summed E-state index contributed by atoms with van der Waals surface area (Å²) in [5.41, 5.74) is 1.56. The number of halogens is 1. The molecule has 128 valence electrons. The number of anilines is 1. The van der Waals surface area contributed by atoms with Gasteiger partial charge in [0.05, 0.1) is 6.54 Å². The Balaban J connectivity index is 1.71. The molecule has 0 fully saturated rings. The molecular formula is C20H19FN2O2. The van der Waals surface area contributed by atoms with Crippen LogP contribution in [0.15, 0.2) is 61.2 Å². The van der Waals surface area contributed by atoms with Crippen LogP contribution < -0.4 is 15.4 Å². The van der Waals surface area contributed by atoms with Crippen molar-refractivity contribution < 1.29 is 13.9 Å². The van der Waals surface area contributed by atoms with E-state index in [-0.39, 0.29) is 19.0 Å². The van der Waals surface area contributed by atoms with Gasteiger partial charge in [-0.25, -0.2) is 9.18 Å². The van der Waals surface area contributed by atoms with Gasteiger partial charge in [0.1, 0.15) is 18.2 Å². The summed E-state index contributed by atoms with van der Waals surface area (Å²) < 4.78 is 18.4. The van der Waals surface area contributed by atoms with Crippen LogP contribution in [-0.2, 0) is 6.42 Å². The predicted octanol–water partition coefficient (Wildman–Crippen LogP) is 3.76. The summed E-state index contributed by atoms with van der Waals surface area (Å²) >= 11 is 0. The Kier molecular flexibility index (Phi) is 7.08. The molecule has 2 amide bonds. The third-order valence-corrected chi connectivity index (χ3v) is 3.20. The largest absolute Gasteiger partial charge is 0.481 e. The van der Waals surface area contributed by atoms with E-state index in [0.717, 1.165) is 17.7 Å². The van der Waals surface area contributed by atoms with Gasteiger partial charge in [0.25, 0.3) is 0 Å². The number of benzene rings is 2. The number of allylic oxidation sites excluding steroid dienone is 1. The maximum atomic E-state index is 12.8. The average molecular weight is 338 g/mol. The summed E-state index contributed by atoms with van der Waals surface area (Å²) in [5, 5.41) is 5.17. The van der Waals surface area contributed by atoms with Crippen LogP contribution in [0, 0.1) is 17.7 Å². The van der Waals surface area contributed by atoms with Crippen LogP contribution in [0.3, 0.4) is 0 Å². The zero-order chi connectivity index (χ0) is 17.9. The minimum absolute atomic E-state index is 0.185. The fraction of sp³-hybridized carbons (Fsp3) is 0.150. The molecule has 0 atom stereocenters. The summed E-state index contributed by atoms with van der Waals surface area (Å²) in [6, 6.07) is 12.8. The van der Waals surface area contributed by atoms with Crippen molar-refractivity contribution in [1.29, 1.82) is 0 Å². The first-order chi connectivity index (χ1) is 12.2. The highest BCUT2D eigenvalue weighted by Gasteiger charge is 2.00. The van der Waals surface area contributed by atoms with Crippen LogP contribution in [-0.4, -0.2) is 19.2 Å². The first-order valence-electron chi connectivity index (χ1n) is 7.77. The molecule has 0 aromatic heterocycles. The Morgan fingerprint density at radius 3 is 2.68 bits per heavy atom. The number of ether oxygens (including phenoxy) is 1. The first kappa shape index (κ1) is 18.1. The third-order valence-electron chi connectivity index (χ3n) is 3.20. The Labute approximate surface area is 146 Å². The lowest BCUT2D eigenvalue weighted by atomic mass is 10.1. The lowest BCUT2D eigenvalue weighted by Gasteiger charge is -2.07. The van der Waals surface area contributed by atoms with Gasteiger partial charge in [-0.1, -0.05) is 36.1 Å². The predicted molar refractivity (Wildman–Crippen MR) is 97.0 cm³/mol. The second-order valence-corrected chi connectivity index (χ2v) is 5.06. The highest BCUT2D eigenvalue weighted by Crippen LogP contribution is 2.18. The summed E-state index contributed by atoms with van der Waals surface area (Å²) in [6.45, 7) is 4.14. The molecule has 0 spiro atoms. The molecule has 0 aliphatic rings. The zero-order valence-electron chi connectivity index (χ0n) is 13.7. The smallest absolute Gasteiger partial charge is 0.319 e. The maximum absolute atomic E-state index is 12.8. The van der Waals surface area contributed by atoms with E-state index in [2.05, 4.69) is 29.1 Å². The summed E-state index contributed by atoms with van der Waals surface area (Å²) in [7, 11) is 0. The number of rotatable bonds is 6. The van der Waals surface area contributed by atoms with E-state index in [0.29, 0.717) is 5.69 Å². The number of amides is 2. The number of hydrogen-bond acceptors (Lipinski definition) is 2. The highest BCUT2D eigenvalue weighted by atomic mass is 19.1. The van der Waals surface area contributed by atoms with E-state index in [1.165, 1.54) is 24.3 Å². The summed E-state index contributed by atoms with van der Waals surface area (Å²) in [4.78, 5) is 11.6. The van der Waals surface area contributed by atoms with Gasteiger partial charge in [-0.05, 0) is 42.3 Å². The van der Waals surface area contributed by atoms with E-state index in [1.54, 1.807) is 0 Å². The molecule has 5 heteroatoms. The Bertz CT molecular complexity index is 776. The van der Waals surface area contributed by atoms with Crippen LogP contribution in [0.5, 0.6) is 5.75 Å². The van der Waals surface area contributed by atoms with Gasteiger partial charge in [0.2, 0.25) is 0 Å². The number of para-hydroxylation sites is 1. The minimum atomic E-state index is -0.404. The molecule has 2 rings (SSSR count). The maximum Gasteiger partial charge on any atom is 0.319 e. The molecule has 0 aliphatic heterocycles. The van der Waals surface area contributed by atoms with Crippen molar-refractivity contribution >= 4 is 11.7 Å². The lowest BCUT2D eigenvalue weighted by Crippen LogP contribution is -2.28. The van der Waals surface area contributed by atoms with Crippen molar-refractivity contribution in [3.8, 4) is 17.6 Å². The molecule has 4 nitrogen and oxygen atoms in total. The van der Waals surface area contributed by atoms with Gasteiger partial charge in [-0.3, -0.25) is 0 Å². The molecule has 0 saturated heterocycles. The highest BCUT2D eigenvalue weighted by molar-refractivity contribution is 5.89. The third kappa shape index (κ3) is 6.40. The number of carbonyl (C=O) groups excluding carboxylic acids is 1. The van der Waals surface area contributed by atoms with Gasteiger partial charge in [-0.2, -0.15) is 0 Å². The van der Waals surface area contributed by atoms with E-state index in [4.69, 9.17) is 4.74 Å². The van der Waals surface area contributed by atoms with Crippen molar-refractivity contribution in [2.24, 2.45) is 0 Å². The lowest BCUT2D eigenvalue weighted by molar-refractivity contribution is 0.253. The molecule has 2 aromatic rings. The minimum Gasteiger partial charge on any atom is -0.481 e. The Morgan fingerprint density at radius 1 is 1.16 bits per heavy atom. The van der Waals surface area contributed by atoms with Crippen LogP contribution in [0.4, 0.5) is 14.9 Å². The zero-order valence-corrected chi connectivity index (χ0v) is 13.7. The van der Waals surface area contributed by atoms with Crippen molar-refractivity contribution in [2.45, 2.75) is 6.42 Å². The topological polar surface area (TPSA) is 50.4 Å². The fourth-order valence-electron chi connectivity index (χ4n) is 2.03. The van der Waals surface area contributed by atoms with E-state index in [1.807, 2.05) is 30.3 Å². The first-order valence-corrected chi connectivity index (χ1v) is 7.77. The van der Waals surface area contributed by atoms with Crippen molar-refractivity contribution in [1.82, 2.24) is 5.32 Å². The summed E-state index contributed by atoms with van der Waals surface area (Å²) in [5.74, 6) is 6.07. The number of hydrogen-bond donors (Lipinski definition) is 2. The van der Waals surface area contributed by atoms with E-state index < -0.39 is 6.03 Å². The Hall–Kier alpha value is -3.26. The van der Waals surface area contributed by atoms with Crippen molar-refractivity contribution in [3.05, 3.63) is 72.6 Å². The van der Waals surface area contributed by atoms with Gasteiger partial charge in [-0.15, -0.1) is 6.58 Å². The summed E-state index contributed by atoms with van der Waals surface area (Å²) in [6.07, 6.45) is 2.55. The molecular weight excluding hydrogens is 319 g/mol. The van der Waals surface area contributed by atoms with Gasteiger partial charge < -0.3 is 15.4 Å². The molecule has 25 heavy (non-hydrogen) atoms. The molecule has 0 saturated carbocycles. The van der Waals surface area contributed by atoms with Crippen LogP contribution in [0.2, 0.25) is 0 Å². The molecule has 0 radical (unpaired) electrons. The van der Waals surface area contributed by atoms with Gasteiger partial charge >= 0.3 is 6.03 Å². The van der Waals surface area contributed by atoms with Crippen molar-refractivity contribution in [2.75, 3.05) is 18.5 Å². The fourth-order valence-corrected chi connectivity index (χ4v) is 2.03. The molecule has 2 N–H and O–H groups in total. The SMILES string of the molecule is C=CCc1ccccc1OCC#CCNC(=O)Nc1ccc(F)cc1. The molecule has 2 aromatic carbocycles. The molecule has 0 heterocycles. The quantitative estimate of drug-likeness (QED) is 0.622. The van der Waals surface area contributed by atoms with Gasteiger partial charge in [0.15, 0.2) is 0 Å².